The van der Waals surface area contributed by atoms with E-state index in [4.69, 9.17) is 29.2 Å². The third-order valence-electron chi connectivity index (χ3n) is 2.74. The molecule has 0 aliphatic rings. The van der Waals surface area contributed by atoms with Crippen LogP contribution in [0.25, 0.3) is 16.9 Å². The highest BCUT2D eigenvalue weighted by atomic mass is 32.1. The molecular weight excluding hydrogens is 280 g/mol. The molecule has 0 radical (unpaired) electrons. The monoisotopic (exact) mass is 290 g/mol. The first kappa shape index (κ1) is 12.1. The SMILES string of the molecule is COc1ccc(-c2cn3[nH]c(=S)[nH]c(=S)c3n2)cc1. The number of aromatic nitrogens is 4. The van der Waals surface area contributed by atoms with Crippen molar-refractivity contribution in [1.29, 1.82) is 0 Å². The molecule has 3 rings (SSSR count). The summed E-state index contributed by atoms with van der Waals surface area (Å²) in [5.41, 5.74) is 2.45. The number of imidazole rings is 1. The molecule has 1 aromatic carbocycles. The lowest BCUT2D eigenvalue weighted by Gasteiger charge is -1.99. The van der Waals surface area contributed by atoms with Gasteiger partial charge in [0.2, 0.25) is 0 Å². The maximum atomic E-state index is 5.20. The Morgan fingerprint density at radius 1 is 1.21 bits per heavy atom. The van der Waals surface area contributed by atoms with E-state index >= 15 is 0 Å². The zero-order chi connectivity index (χ0) is 13.4. The highest BCUT2D eigenvalue weighted by molar-refractivity contribution is 7.72. The Kier molecular flexibility index (Phi) is 2.92. The summed E-state index contributed by atoms with van der Waals surface area (Å²) in [6, 6.07) is 7.68. The summed E-state index contributed by atoms with van der Waals surface area (Å²) >= 11 is 10.2. The van der Waals surface area contributed by atoms with E-state index in [1.807, 2.05) is 30.5 Å². The van der Waals surface area contributed by atoms with Crippen LogP contribution in [0.2, 0.25) is 0 Å². The Hall–Kier alpha value is -1.99. The number of hydrogen-bond donors (Lipinski definition) is 2. The number of aromatic amines is 2. The molecule has 2 aromatic heterocycles. The van der Waals surface area contributed by atoms with Gasteiger partial charge in [0.05, 0.1) is 19.0 Å². The van der Waals surface area contributed by atoms with Crippen molar-refractivity contribution in [2.24, 2.45) is 0 Å². The molecule has 0 aliphatic heterocycles. The van der Waals surface area contributed by atoms with Crippen molar-refractivity contribution in [2.45, 2.75) is 0 Å². The number of H-pyrrole nitrogens is 2. The van der Waals surface area contributed by atoms with Crippen LogP contribution in [-0.4, -0.2) is 26.7 Å². The highest BCUT2D eigenvalue weighted by Crippen LogP contribution is 2.21. The molecule has 0 spiro atoms. The molecule has 96 valence electrons. The number of fused-ring (bicyclic) bond motifs is 1. The number of rotatable bonds is 2. The molecule has 3 aromatic rings. The van der Waals surface area contributed by atoms with Crippen molar-refractivity contribution >= 4 is 30.1 Å². The van der Waals surface area contributed by atoms with Gasteiger partial charge in [0, 0.05) is 5.56 Å². The van der Waals surface area contributed by atoms with Crippen molar-refractivity contribution in [2.75, 3.05) is 7.11 Å². The fourth-order valence-corrected chi connectivity index (χ4v) is 2.33. The van der Waals surface area contributed by atoms with E-state index in [0.717, 1.165) is 17.0 Å². The number of ether oxygens (including phenoxy) is 1. The Morgan fingerprint density at radius 2 is 1.95 bits per heavy atom. The maximum Gasteiger partial charge on any atom is 0.190 e. The van der Waals surface area contributed by atoms with Gasteiger partial charge < -0.3 is 9.72 Å². The van der Waals surface area contributed by atoms with Crippen LogP contribution in [0.1, 0.15) is 0 Å². The van der Waals surface area contributed by atoms with Crippen LogP contribution in [0.15, 0.2) is 30.5 Å². The summed E-state index contributed by atoms with van der Waals surface area (Å²) in [5.74, 6) is 0.809. The molecule has 5 nitrogen and oxygen atoms in total. The number of nitrogens with zero attached hydrogens (tertiary/aromatic N) is 2. The predicted molar refractivity (Wildman–Crippen MR) is 77.5 cm³/mol. The van der Waals surface area contributed by atoms with Crippen molar-refractivity contribution in [1.82, 2.24) is 19.6 Å². The van der Waals surface area contributed by atoms with Gasteiger partial charge in [-0.25, -0.2) is 9.50 Å². The van der Waals surface area contributed by atoms with E-state index in [9.17, 15) is 0 Å². The van der Waals surface area contributed by atoms with Gasteiger partial charge in [0.1, 0.15) is 5.75 Å². The summed E-state index contributed by atoms with van der Waals surface area (Å²) in [4.78, 5) is 7.36. The van der Waals surface area contributed by atoms with Crippen LogP contribution < -0.4 is 4.74 Å². The topological polar surface area (TPSA) is 58.1 Å². The Morgan fingerprint density at radius 3 is 2.63 bits per heavy atom. The molecular formula is C12H10N4OS2. The first-order valence-electron chi connectivity index (χ1n) is 5.53. The molecule has 0 atom stereocenters. The summed E-state index contributed by atoms with van der Waals surface area (Å²) in [5, 5.41) is 2.97. The van der Waals surface area contributed by atoms with Crippen molar-refractivity contribution in [3.8, 4) is 17.0 Å². The third kappa shape index (κ3) is 2.18. The molecule has 0 unspecified atom stereocenters. The lowest BCUT2D eigenvalue weighted by molar-refractivity contribution is 0.415. The zero-order valence-electron chi connectivity index (χ0n) is 10.0. The second-order valence-electron chi connectivity index (χ2n) is 3.94. The molecule has 0 saturated heterocycles. The number of hydrogen-bond acceptors (Lipinski definition) is 4. The molecule has 2 N–H and O–H groups in total. The normalized spacial score (nSPS) is 10.8. The van der Waals surface area contributed by atoms with Gasteiger partial charge in [-0.2, -0.15) is 0 Å². The fourth-order valence-electron chi connectivity index (χ4n) is 1.82. The van der Waals surface area contributed by atoms with E-state index in [-0.39, 0.29) is 0 Å². The smallest absolute Gasteiger partial charge is 0.190 e. The van der Waals surface area contributed by atoms with Crippen LogP contribution in [-0.2, 0) is 0 Å². The second kappa shape index (κ2) is 4.60. The van der Waals surface area contributed by atoms with Crippen LogP contribution in [0.4, 0.5) is 0 Å². The molecule has 0 amide bonds. The van der Waals surface area contributed by atoms with Crippen LogP contribution in [0.3, 0.4) is 0 Å². The van der Waals surface area contributed by atoms with Gasteiger partial charge in [0.15, 0.2) is 15.1 Å². The van der Waals surface area contributed by atoms with Gasteiger partial charge in [-0.05, 0) is 36.5 Å². The predicted octanol–water partition coefficient (Wildman–Crippen LogP) is 3.13. The fraction of sp³-hybridized carbons (Fsp3) is 0.0833. The van der Waals surface area contributed by atoms with Crippen LogP contribution >= 0.6 is 24.4 Å². The van der Waals surface area contributed by atoms with Crippen molar-refractivity contribution in [3.05, 3.63) is 39.9 Å². The van der Waals surface area contributed by atoms with Gasteiger partial charge in [-0.3, -0.25) is 5.10 Å². The van der Waals surface area contributed by atoms with Crippen LogP contribution in [0, 0.1) is 9.41 Å². The minimum absolute atomic E-state index is 0.469. The summed E-state index contributed by atoms with van der Waals surface area (Å²) < 4.78 is 7.84. The summed E-state index contributed by atoms with van der Waals surface area (Å²) in [6.07, 6.45) is 1.86. The first-order valence-corrected chi connectivity index (χ1v) is 6.35. The maximum absolute atomic E-state index is 5.20. The molecule has 7 heteroatoms. The van der Waals surface area contributed by atoms with E-state index in [0.29, 0.717) is 15.1 Å². The van der Waals surface area contributed by atoms with E-state index < -0.39 is 0 Å². The Labute approximate surface area is 118 Å². The average Bonchev–Trinajstić information content (AvgIpc) is 2.83. The van der Waals surface area contributed by atoms with Gasteiger partial charge in [-0.15, -0.1) is 0 Å². The number of nitrogens with one attached hydrogen (secondary N) is 2. The van der Waals surface area contributed by atoms with Gasteiger partial charge in [0.25, 0.3) is 0 Å². The quantitative estimate of drug-likeness (QED) is 0.712. The molecule has 0 fully saturated rings. The first-order chi connectivity index (χ1) is 9.17. The lowest BCUT2D eigenvalue weighted by Crippen LogP contribution is -1.93. The standard InChI is InChI=1S/C12H10N4OS2/c1-17-8-4-2-7(3-5-8)9-6-16-10(13-9)11(18)14-12(19)15-16/h2-6H,1H3,(H2,14,15,18,19). The minimum atomic E-state index is 0.469. The summed E-state index contributed by atoms with van der Waals surface area (Å²) in [7, 11) is 1.64. The second-order valence-corrected chi connectivity index (χ2v) is 4.76. The molecule has 2 heterocycles. The number of benzene rings is 1. The van der Waals surface area contributed by atoms with Gasteiger partial charge >= 0.3 is 0 Å². The average molecular weight is 290 g/mol. The largest absolute Gasteiger partial charge is 0.497 e. The minimum Gasteiger partial charge on any atom is -0.497 e. The van der Waals surface area contributed by atoms with E-state index in [1.165, 1.54) is 0 Å². The summed E-state index contributed by atoms with van der Waals surface area (Å²) in [6.45, 7) is 0. The van der Waals surface area contributed by atoms with Crippen molar-refractivity contribution in [3.63, 3.8) is 0 Å². The highest BCUT2D eigenvalue weighted by Gasteiger charge is 2.06. The van der Waals surface area contributed by atoms with E-state index in [1.54, 1.807) is 11.6 Å². The number of methoxy groups -OCH3 is 1. The van der Waals surface area contributed by atoms with E-state index in [2.05, 4.69) is 15.1 Å². The zero-order valence-corrected chi connectivity index (χ0v) is 11.6. The third-order valence-corrected chi connectivity index (χ3v) is 3.22. The molecule has 19 heavy (non-hydrogen) atoms. The molecule has 0 saturated carbocycles. The Balaban J connectivity index is 2.17. The van der Waals surface area contributed by atoms with Crippen LogP contribution in [0.5, 0.6) is 5.75 Å². The molecule has 0 aliphatic carbocycles. The van der Waals surface area contributed by atoms with Crippen molar-refractivity contribution < 1.29 is 4.74 Å². The van der Waals surface area contributed by atoms with Gasteiger partial charge in [-0.1, -0.05) is 12.2 Å². The molecule has 0 bridgehead atoms. The lowest BCUT2D eigenvalue weighted by atomic mass is 10.2. The Bertz CT molecular complexity index is 845.